The predicted molar refractivity (Wildman–Crippen MR) is 92.5 cm³/mol. The molecule has 2 aromatic rings. The van der Waals surface area contributed by atoms with E-state index in [1.807, 2.05) is 0 Å². The van der Waals surface area contributed by atoms with E-state index in [0.29, 0.717) is 12.6 Å². The third kappa shape index (κ3) is 4.74. The lowest BCUT2D eigenvalue weighted by atomic mass is 10.0. The van der Waals surface area contributed by atoms with E-state index in [1.54, 1.807) is 6.92 Å². The number of aromatic nitrogens is 3. The third-order valence-corrected chi connectivity index (χ3v) is 4.83. The number of nitrogens with zero attached hydrogens (tertiary/aromatic N) is 4. The molecular weight excluding hydrogens is 416 g/mol. The van der Waals surface area contributed by atoms with Gasteiger partial charge in [-0.25, -0.2) is 13.2 Å². The molecule has 1 aliphatic heterocycles. The summed E-state index contributed by atoms with van der Waals surface area (Å²) >= 11 is 0. The van der Waals surface area contributed by atoms with Gasteiger partial charge in [0.05, 0.1) is 6.54 Å². The second kappa shape index (κ2) is 8.62. The number of rotatable bonds is 6. The molecule has 1 aromatic carbocycles. The molecule has 1 aliphatic rings. The van der Waals surface area contributed by atoms with Crippen LogP contribution in [0.3, 0.4) is 0 Å². The molecule has 0 fully saturated rings. The lowest BCUT2D eigenvalue weighted by molar-refractivity contribution is -0.148. The summed E-state index contributed by atoms with van der Waals surface area (Å²) in [5.41, 5.74) is -0.0825. The lowest BCUT2D eigenvalue weighted by Crippen LogP contribution is -2.43. The fourth-order valence-electron chi connectivity index (χ4n) is 3.41. The van der Waals surface area contributed by atoms with Crippen molar-refractivity contribution in [3.63, 3.8) is 0 Å². The molecular formula is C18H19F6N5O. The van der Waals surface area contributed by atoms with Gasteiger partial charge in [0.15, 0.2) is 17.5 Å². The van der Waals surface area contributed by atoms with Gasteiger partial charge in [0, 0.05) is 31.6 Å². The molecule has 2 heterocycles. The summed E-state index contributed by atoms with van der Waals surface area (Å²) < 4.78 is 80.2. The number of amides is 1. The zero-order valence-electron chi connectivity index (χ0n) is 15.9. The van der Waals surface area contributed by atoms with Crippen molar-refractivity contribution >= 4 is 5.91 Å². The molecule has 3 rings (SSSR count). The molecule has 30 heavy (non-hydrogen) atoms. The Balaban J connectivity index is 1.69. The minimum Gasteiger partial charge on any atom is -0.333 e. The number of nitrogens with one attached hydrogen (secondary N) is 1. The van der Waals surface area contributed by atoms with Crippen LogP contribution in [0.1, 0.15) is 30.6 Å². The highest BCUT2D eigenvalue weighted by Crippen LogP contribution is 2.29. The Morgan fingerprint density at radius 2 is 1.83 bits per heavy atom. The van der Waals surface area contributed by atoms with E-state index in [4.69, 9.17) is 0 Å². The second-order valence-electron chi connectivity index (χ2n) is 6.93. The Morgan fingerprint density at radius 3 is 2.50 bits per heavy atom. The van der Waals surface area contributed by atoms with E-state index < -0.39 is 35.5 Å². The number of carbonyl (C=O) groups is 1. The topological polar surface area (TPSA) is 63.1 Å². The molecule has 1 N–H and O–H groups in total. The first kappa shape index (κ1) is 22.1. The monoisotopic (exact) mass is 435 g/mol. The summed E-state index contributed by atoms with van der Waals surface area (Å²) in [6.07, 6.45) is -4.81. The molecule has 0 bridgehead atoms. The summed E-state index contributed by atoms with van der Waals surface area (Å²) in [4.78, 5) is 14.0. The van der Waals surface area contributed by atoms with E-state index in [0.717, 1.165) is 10.6 Å². The third-order valence-electron chi connectivity index (χ3n) is 4.83. The first-order valence-electron chi connectivity index (χ1n) is 9.24. The summed E-state index contributed by atoms with van der Waals surface area (Å²) in [7, 11) is 0. The Morgan fingerprint density at radius 1 is 1.13 bits per heavy atom. The van der Waals surface area contributed by atoms with E-state index in [1.165, 1.54) is 4.90 Å². The minimum absolute atomic E-state index is 0.0218. The number of alkyl halides is 3. The second-order valence-corrected chi connectivity index (χ2v) is 6.93. The fraction of sp³-hybridized carbons (Fsp3) is 0.500. The fourth-order valence-corrected chi connectivity index (χ4v) is 3.41. The molecule has 0 aliphatic carbocycles. The van der Waals surface area contributed by atoms with Crippen molar-refractivity contribution in [2.24, 2.45) is 0 Å². The SMILES string of the molecule is CCN[C@@H](CC(=O)N1CCn2c(nnc2C(F)(F)F)C1)Cc1cc(F)c(F)cc1F. The number of likely N-dealkylation sites (N-methyl/N-ethyl adjacent to an activating group) is 1. The average molecular weight is 435 g/mol. The molecule has 0 saturated heterocycles. The number of halogens is 6. The summed E-state index contributed by atoms with van der Waals surface area (Å²) in [6.45, 7) is 1.99. The van der Waals surface area contributed by atoms with Gasteiger partial charge in [-0.05, 0) is 24.6 Å². The van der Waals surface area contributed by atoms with Gasteiger partial charge in [0.1, 0.15) is 5.82 Å². The van der Waals surface area contributed by atoms with Crippen LogP contribution < -0.4 is 5.32 Å². The Kier molecular flexibility index (Phi) is 6.34. The van der Waals surface area contributed by atoms with Crippen LogP contribution in [0, 0.1) is 17.5 Å². The van der Waals surface area contributed by atoms with Crippen molar-refractivity contribution in [3.8, 4) is 0 Å². The lowest BCUT2D eigenvalue weighted by Gasteiger charge is -2.29. The van der Waals surface area contributed by atoms with E-state index in [9.17, 15) is 31.1 Å². The van der Waals surface area contributed by atoms with Gasteiger partial charge in [-0.15, -0.1) is 10.2 Å². The maximum absolute atomic E-state index is 13.9. The van der Waals surface area contributed by atoms with Crippen LogP contribution in [-0.4, -0.2) is 44.7 Å². The van der Waals surface area contributed by atoms with Crippen LogP contribution >= 0.6 is 0 Å². The summed E-state index contributed by atoms with van der Waals surface area (Å²) in [6, 6.07) is 0.625. The first-order valence-corrected chi connectivity index (χ1v) is 9.24. The molecule has 0 unspecified atom stereocenters. The molecule has 12 heteroatoms. The smallest absolute Gasteiger partial charge is 0.333 e. The number of carbonyl (C=O) groups excluding carboxylic acids is 1. The number of hydrogen-bond acceptors (Lipinski definition) is 4. The van der Waals surface area contributed by atoms with Gasteiger partial charge < -0.3 is 14.8 Å². The molecule has 0 spiro atoms. The van der Waals surface area contributed by atoms with Crippen LogP contribution in [0.25, 0.3) is 0 Å². The van der Waals surface area contributed by atoms with Gasteiger partial charge in [-0.1, -0.05) is 6.92 Å². The van der Waals surface area contributed by atoms with Crippen molar-refractivity contribution in [1.29, 1.82) is 0 Å². The van der Waals surface area contributed by atoms with Gasteiger partial charge in [-0.3, -0.25) is 4.79 Å². The largest absolute Gasteiger partial charge is 0.451 e. The van der Waals surface area contributed by atoms with Gasteiger partial charge >= 0.3 is 6.18 Å². The number of hydrogen-bond donors (Lipinski definition) is 1. The summed E-state index contributed by atoms with van der Waals surface area (Å²) in [5.74, 6) is -4.88. The summed E-state index contributed by atoms with van der Waals surface area (Å²) in [5, 5.41) is 9.68. The van der Waals surface area contributed by atoms with Crippen molar-refractivity contribution < 1.29 is 31.1 Å². The maximum Gasteiger partial charge on any atom is 0.451 e. The van der Waals surface area contributed by atoms with E-state index in [2.05, 4.69) is 15.5 Å². The predicted octanol–water partition coefficient (Wildman–Crippen LogP) is 2.67. The van der Waals surface area contributed by atoms with E-state index in [-0.39, 0.29) is 49.8 Å². The van der Waals surface area contributed by atoms with Crippen LogP contribution in [-0.2, 0) is 30.5 Å². The molecule has 0 saturated carbocycles. The van der Waals surface area contributed by atoms with Crippen LogP contribution in [0.5, 0.6) is 0 Å². The van der Waals surface area contributed by atoms with E-state index >= 15 is 0 Å². The zero-order valence-corrected chi connectivity index (χ0v) is 15.9. The Labute approximate surface area is 167 Å². The van der Waals surface area contributed by atoms with Crippen molar-refractivity contribution in [2.45, 2.75) is 45.1 Å². The number of benzene rings is 1. The van der Waals surface area contributed by atoms with Gasteiger partial charge in [-0.2, -0.15) is 13.2 Å². The Bertz CT molecular complexity index is 929. The van der Waals surface area contributed by atoms with Gasteiger partial charge in [0.25, 0.3) is 0 Å². The van der Waals surface area contributed by atoms with Crippen molar-refractivity contribution in [2.75, 3.05) is 13.1 Å². The molecule has 1 aromatic heterocycles. The molecule has 1 amide bonds. The van der Waals surface area contributed by atoms with Crippen molar-refractivity contribution in [3.05, 3.63) is 46.8 Å². The zero-order chi connectivity index (χ0) is 22.1. The molecule has 0 radical (unpaired) electrons. The van der Waals surface area contributed by atoms with Gasteiger partial charge in [0.2, 0.25) is 11.7 Å². The van der Waals surface area contributed by atoms with Crippen LogP contribution in [0.4, 0.5) is 26.3 Å². The normalized spacial score (nSPS) is 15.2. The number of fused-ring (bicyclic) bond motifs is 1. The quantitative estimate of drug-likeness (QED) is 0.560. The maximum atomic E-state index is 13.9. The highest BCUT2D eigenvalue weighted by atomic mass is 19.4. The molecule has 164 valence electrons. The van der Waals surface area contributed by atoms with Crippen LogP contribution in [0.15, 0.2) is 12.1 Å². The molecule has 6 nitrogen and oxygen atoms in total. The minimum atomic E-state index is -4.64. The Hall–Kier alpha value is -2.63. The highest BCUT2D eigenvalue weighted by Gasteiger charge is 2.40. The highest BCUT2D eigenvalue weighted by molar-refractivity contribution is 5.77. The standard InChI is InChI=1S/C18H19F6N5O/c1-2-25-11(5-10-6-13(20)14(21)8-12(10)19)7-16(30)28-3-4-29-15(9-28)26-27-17(29)18(22,23)24/h6,8,11,25H,2-5,7,9H2,1H3/t11-/m1/s1. The average Bonchev–Trinajstić information content (AvgIpc) is 3.09. The van der Waals surface area contributed by atoms with Crippen molar-refractivity contribution in [1.82, 2.24) is 25.0 Å². The first-order chi connectivity index (χ1) is 14.1. The molecule has 1 atom stereocenters. The van der Waals surface area contributed by atoms with Crippen LogP contribution in [0.2, 0.25) is 0 Å².